The molecule has 1 aliphatic rings. The lowest BCUT2D eigenvalue weighted by molar-refractivity contribution is 0.150. The van der Waals surface area contributed by atoms with Gasteiger partial charge in [-0.2, -0.15) is 0 Å². The van der Waals surface area contributed by atoms with Crippen molar-refractivity contribution in [3.8, 4) is 0 Å². The van der Waals surface area contributed by atoms with Gasteiger partial charge in [0.1, 0.15) is 0 Å². The summed E-state index contributed by atoms with van der Waals surface area (Å²) < 4.78 is 0. The van der Waals surface area contributed by atoms with E-state index >= 15 is 0 Å². The first-order valence-corrected chi connectivity index (χ1v) is 8.49. The van der Waals surface area contributed by atoms with E-state index in [1.165, 1.54) is 39.0 Å². The molecule has 0 radical (unpaired) electrons. The predicted octanol–water partition coefficient (Wildman–Crippen LogP) is 3.46. The van der Waals surface area contributed by atoms with Crippen molar-refractivity contribution in [3.05, 3.63) is 0 Å². The zero-order chi connectivity index (χ0) is 13.8. The van der Waals surface area contributed by atoms with Gasteiger partial charge >= 0.3 is 0 Å². The van der Waals surface area contributed by atoms with E-state index in [0.29, 0.717) is 5.41 Å². The van der Waals surface area contributed by atoms with Gasteiger partial charge in [0.2, 0.25) is 0 Å². The molecule has 1 saturated heterocycles. The van der Waals surface area contributed by atoms with E-state index in [2.05, 4.69) is 60.5 Å². The number of likely N-dealkylation sites (tertiary alicyclic amines) is 1. The van der Waals surface area contributed by atoms with Crippen molar-refractivity contribution in [2.75, 3.05) is 38.6 Å². The highest BCUT2D eigenvalue weighted by molar-refractivity contribution is 9.09. The van der Waals surface area contributed by atoms with E-state index in [1.807, 2.05) is 0 Å². The van der Waals surface area contributed by atoms with Crippen molar-refractivity contribution >= 4 is 15.9 Å². The highest BCUT2D eigenvalue weighted by Crippen LogP contribution is 2.28. The van der Waals surface area contributed by atoms with Crippen molar-refractivity contribution < 1.29 is 0 Å². The summed E-state index contributed by atoms with van der Waals surface area (Å²) >= 11 is 3.68. The molecule has 3 heteroatoms. The van der Waals surface area contributed by atoms with Gasteiger partial charge in [0, 0.05) is 24.5 Å². The fourth-order valence-electron chi connectivity index (χ4n) is 2.88. The molecular formula is C15H31BrN2. The molecule has 0 aliphatic carbocycles. The van der Waals surface area contributed by atoms with Crippen LogP contribution in [-0.4, -0.2) is 54.4 Å². The average molecular weight is 319 g/mol. The smallest absolute Gasteiger partial charge is 0.0223 e. The Morgan fingerprint density at radius 2 is 2.06 bits per heavy atom. The quantitative estimate of drug-likeness (QED) is 0.692. The molecule has 18 heavy (non-hydrogen) atoms. The fourth-order valence-corrected chi connectivity index (χ4v) is 4.06. The second-order valence-electron chi connectivity index (χ2n) is 6.86. The number of nitrogens with zero attached hydrogens (tertiary/aromatic N) is 2. The molecule has 1 rings (SSSR count). The van der Waals surface area contributed by atoms with Crippen LogP contribution in [0.2, 0.25) is 0 Å². The molecule has 2 nitrogen and oxygen atoms in total. The standard InChI is InChI=1S/C15H31BrN2/c1-6-18-9-7-8-14(18)12-17(5)11-13(10-16)15(2,3)4/h13-14H,6-12H2,1-5H3. The Morgan fingerprint density at radius 1 is 1.39 bits per heavy atom. The van der Waals surface area contributed by atoms with Crippen LogP contribution in [0, 0.1) is 11.3 Å². The Hall–Kier alpha value is 0.400. The molecule has 2 atom stereocenters. The Balaban J connectivity index is 2.43. The number of hydrogen-bond donors (Lipinski definition) is 0. The molecule has 1 fully saturated rings. The van der Waals surface area contributed by atoms with Crippen LogP contribution in [0.4, 0.5) is 0 Å². The first-order valence-electron chi connectivity index (χ1n) is 7.37. The average Bonchev–Trinajstić information content (AvgIpc) is 2.71. The number of alkyl halides is 1. The first kappa shape index (κ1) is 16.5. The van der Waals surface area contributed by atoms with Gasteiger partial charge in [0.25, 0.3) is 0 Å². The van der Waals surface area contributed by atoms with E-state index in [-0.39, 0.29) is 0 Å². The highest BCUT2D eigenvalue weighted by atomic mass is 79.9. The Kier molecular flexibility index (Phi) is 6.63. The molecule has 2 unspecified atom stereocenters. The largest absolute Gasteiger partial charge is 0.304 e. The van der Waals surface area contributed by atoms with Gasteiger partial charge in [0.05, 0.1) is 0 Å². The summed E-state index contributed by atoms with van der Waals surface area (Å²) in [5.74, 6) is 0.721. The van der Waals surface area contributed by atoms with E-state index in [1.54, 1.807) is 0 Å². The SMILES string of the molecule is CCN1CCCC1CN(C)CC(CBr)C(C)(C)C. The second kappa shape index (κ2) is 7.25. The molecule has 0 spiro atoms. The van der Waals surface area contributed by atoms with Crippen LogP contribution in [0.5, 0.6) is 0 Å². The third-order valence-electron chi connectivity index (χ3n) is 4.37. The molecule has 108 valence electrons. The van der Waals surface area contributed by atoms with Crippen LogP contribution < -0.4 is 0 Å². The van der Waals surface area contributed by atoms with Crippen molar-refractivity contribution in [2.45, 2.75) is 46.6 Å². The summed E-state index contributed by atoms with van der Waals surface area (Å²) in [5.41, 5.74) is 0.387. The minimum atomic E-state index is 0.387. The van der Waals surface area contributed by atoms with Crippen LogP contribution >= 0.6 is 15.9 Å². The van der Waals surface area contributed by atoms with Gasteiger partial charge in [-0.15, -0.1) is 0 Å². The first-order chi connectivity index (χ1) is 8.38. The van der Waals surface area contributed by atoms with Crippen molar-refractivity contribution in [1.29, 1.82) is 0 Å². The van der Waals surface area contributed by atoms with Crippen LogP contribution in [0.3, 0.4) is 0 Å². The maximum absolute atomic E-state index is 3.68. The summed E-state index contributed by atoms with van der Waals surface area (Å²) in [6, 6.07) is 0.788. The Morgan fingerprint density at radius 3 is 2.56 bits per heavy atom. The number of likely N-dealkylation sites (N-methyl/N-ethyl adjacent to an activating group) is 2. The maximum Gasteiger partial charge on any atom is 0.0223 e. The molecule has 0 amide bonds. The zero-order valence-electron chi connectivity index (χ0n) is 12.9. The Bertz CT molecular complexity index is 237. The molecule has 0 N–H and O–H groups in total. The summed E-state index contributed by atoms with van der Waals surface area (Å²) in [6.07, 6.45) is 2.76. The van der Waals surface area contributed by atoms with Crippen molar-refractivity contribution in [3.63, 3.8) is 0 Å². The van der Waals surface area contributed by atoms with E-state index in [4.69, 9.17) is 0 Å². The third-order valence-corrected chi connectivity index (χ3v) is 5.15. The highest BCUT2D eigenvalue weighted by Gasteiger charge is 2.28. The lowest BCUT2D eigenvalue weighted by Crippen LogP contribution is -2.42. The van der Waals surface area contributed by atoms with Gasteiger partial charge in [-0.3, -0.25) is 4.90 Å². The normalized spacial score (nSPS) is 23.8. The van der Waals surface area contributed by atoms with Crippen molar-refractivity contribution in [1.82, 2.24) is 9.80 Å². The number of rotatable bonds is 6. The molecule has 1 aliphatic heterocycles. The predicted molar refractivity (Wildman–Crippen MR) is 84.5 cm³/mol. The van der Waals surface area contributed by atoms with Crippen LogP contribution in [0.25, 0.3) is 0 Å². The summed E-state index contributed by atoms with van der Waals surface area (Å²) in [4.78, 5) is 5.17. The molecule has 1 heterocycles. The summed E-state index contributed by atoms with van der Waals surface area (Å²) in [6.45, 7) is 14.3. The van der Waals surface area contributed by atoms with E-state index in [9.17, 15) is 0 Å². The molecule has 0 aromatic heterocycles. The minimum absolute atomic E-state index is 0.387. The number of halogens is 1. The van der Waals surface area contributed by atoms with Gasteiger partial charge in [-0.1, -0.05) is 43.6 Å². The second-order valence-corrected chi connectivity index (χ2v) is 7.51. The fraction of sp³-hybridized carbons (Fsp3) is 1.00. The third kappa shape index (κ3) is 4.82. The minimum Gasteiger partial charge on any atom is -0.304 e. The monoisotopic (exact) mass is 318 g/mol. The van der Waals surface area contributed by atoms with Crippen molar-refractivity contribution in [2.24, 2.45) is 11.3 Å². The maximum atomic E-state index is 3.68. The van der Waals surface area contributed by atoms with Crippen LogP contribution in [0.15, 0.2) is 0 Å². The summed E-state index contributed by atoms with van der Waals surface area (Å²) in [5, 5.41) is 1.10. The van der Waals surface area contributed by atoms with Crippen LogP contribution in [0.1, 0.15) is 40.5 Å². The lowest BCUT2D eigenvalue weighted by atomic mass is 9.82. The lowest BCUT2D eigenvalue weighted by Gasteiger charge is -2.35. The summed E-state index contributed by atoms with van der Waals surface area (Å²) in [7, 11) is 2.29. The molecule has 0 aromatic rings. The van der Waals surface area contributed by atoms with E-state index in [0.717, 1.165) is 17.3 Å². The molecule has 0 bridgehead atoms. The zero-order valence-corrected chi connectivity index (χ0v) is 14.5. The number of hydrogen-bond acceptors (Lipinski definition) is 2. The van der Waals surface area contributed by atoms with E-state index < -0.39 is 0 Å². The molecule has 0 saturated carbocycles. The van der Waals surface area contributed by atoms with Gasteiger partial charge in [0.15, 0.2) is 0 Å². The topological polar surface area (TPSA) is 6.48 Å². The van der Waals surface area contributed by atoms with Gasteiger partial charge in [-0.25, -0.2) is 0 Å². The molecular weight excluding hydrogens is 288 g/mol. The van der Waals surface area contributed by atoms with Gasteiger partial charge < -0.3 is 4.90 Å². The Labute approximate surface area is 122 Å². The molecule has 0 aromatic carbocycles. The van der Waals surface area contributed by atoms with Gasteiger partial charge in [-0.05, 0) is 44.3 Å². The van der Waals surface area contributed by atoms with Crippen LogP contribution in [-0.2, 0) is 0 Å².